The zero-order valence-corrected chi connectivity index (χ0v) is 8.67. The molecule has 0 fully saturated rings. The Hall–Kier alpha value is -0.800. The molecule has 0 aliphatic rings. The zero-order valence-electron chi connectivity index (χ0n) is 7.78. The Kier molecular flexibility index (Phi) is 4.70. The topological polar surface area (TPSA) is 20.2 Å². The predicted molar refractivity (Wildman–Crippen MR) is 59.8 cm³/mol. The third-order valence-electron chi connectivity index (χ3n) is 1.87. The third-order valence-corrected chi connectivity index (χ3v) is 2.13. The maximum absolute atomic E-state index is 12.8. The summed E-state index contributed by atoms with van der Waals surface area (Å²) in [7, 11) is 0. The average molecular weight is 212 g/mol. The Morgan fingerprint density at radius 3 is 2.86 bits per heavy atom. The first-order valence-corrected chi connectivity index (χ1v) is 5.08. The maximum Gasteiger partial charge on any atom is 0.123 e. The van der Waals surface area contributed by atoms with Gasteiger partial charge in [0.1, 0.15) is 5.82 Å². The zero-order chi connectivity index (χ0) is 10.4. The number of rotatable bonds is 4. The minimum atomic E-state index is -0.319. The monoisotopic (exact) mass is 212 g/mol. The van der Waals surface area contributed by atoms with Crippen molar-refractivity contribution >= 4 is 18.7 Å². The Labute approximate surface area is 88.7 Å². The quantitative estimate of drug-likeness (QED) is 0.735. The van der Waals surface area contributed by atoms with Crippen LogP contribution in [0.5, 0.6) is 0 Å². The summed E-state index contributed by atoms with van der Waals surface area (Å²) in [6.07, 6.45) is 4.70. The van der Waals surface area contributed by atoms with Crippen LogP contribution >= 0.6 is 12.6 Å². The lowest BCUT2D eigenvalue weighted by Gasteiger charge is -2.02. The number of hydrogen-bond acceptors (Lipinski definition) is 2. The van der Waals surface area contributed by atoms with E-state index in [0.29, 0.717) is 5.56 Å². The van der Waals surface area contributed by atoms with E-state index in [1.165, 1.54) is 12.1 Å². The average Bonchev–Trinajstić information content (AvgIpc) is 2.20. The first kappa shape index (κ1) is 11.3. The highest BCUT2D eigenvalue weighted by Crippen LogP contribution is 2.13. The van der Waals surface area contributed by atoms with E-state index in [2.05, 4.69) is 12.6 Å². The SMILES string of the molecule is OCc1cc(F)ccc1C=CCCS. The Morgan fingerprint density at radius 1 is 1.43 bits per heavy atom. The molecule has 0 atom stereocenters. The first-order chi connectivity index (χ1) is 6.77. The molecule has 1 aromatic carbocycles. The highest BCUT2D eigenvalue weighted by molar-refractivity contribution is 7.80. The lowest BCUT2D eigenvalue weighted by Crippen LogP contribution is -1.89. The van der Waals surface area contributed by atoms with Crippen LogP contribution in [0.4, 0.5) is 4.39 Å². The minimum Gasteiger partial charge on any atom is -0.392 e. The van der Waals surface area contributed by atoms with E-state index >= 15 is 0 Å². The van der Waals surface area contributed by atoms with Crippen molar-refractivity contribution in [2.45, 2.75) is 13.0 Å². The van der Waals surface area contributed by atoms with Gasteiger partial charge in [0.25, 0.3) is 0 Å². The molecule has 3 heteroatoms. The van der Waals surface area contributed by atoms with Gasteiger partial charge in [0, 0.05) is 0 Å². The number of halogens is 1. The van der Waals surface area contributed by atoms with Gasteiger partial charge in [0.15, 0.2) is 0 Å². The molecule has 14 heavy (non-hydrogen) atoms. The van der Waals surface area contributed by atoms with Crippen LogP contribution in [-0.2, 0) is 6.61 Å². The van der Waals surface area contributed by atoms with E-state index in [4.69, 9.17) is 5.11 Å². The van der Waals surface area contributed by atoms with Crippen molar-refractivity contribution in [1.82, 2.24) is 0 Å². The van der Waals surface area contributed by atoms with Gasteiger partial charge < -0.3 is 5.11 Å². The van der Waals surface area contributed by atoms with Gasteiger partial charge >= 0.3 is 0 Å². The van der Waals surface area contributed by atoms with Crippen LogP contribution in [0, 0.1) is 5.82 Å². The van der Waals surface area contributed by atoms with Gasteiger partial charge in [-0.15, -0.1) is 0 Å². The smallest absolute Gasteiger partial charge is 0.123 e. The molecule has 1 nitrogen and oxygen atoms in total. The lowest BCUT2D eigenvalue weighted by molar-refractivity contribution is 0.281. The summed E-state index contributed by atoms with van der Waals surface area (Å²) in [6.45, 7) is -0.141. The van der Waals surface area contributed by atoms with E-state index in [1.807, 2.05) is 12.2 Å². The van der Waals surface area contributed by atoms with Crippen molar-refractivity contribution in [3.8, 4) is 0 Å². The second-order valence-electron chi connectivity index (χ2n) is 2.92. The van der Waals surface area contributed by atoms with Crippen molar-refractivity contribution in [3.63, 3.8) is 0 Å². The van der Waals surface area contributed by atoms with Crippen molar-refractivity contribution in [1.29, 1.82) is 0 Å². The van der Waals surface area contributed by atoms with Crippen molar-refractivity contribution in [2.24, 2.45) is 0 Å². The molecular weight excluding hydrogens is 199 g/mol. The molecule has 0 bridgehead atoms. The largest absolute Gasteiger partial charge is 0.392 e. The molecule has 0 unspecified atom stereocenters. The van der Waals surface area contributed by atoms with Gasteiger partial charge in [-0.25, -0.2) is 4.39 Å². The van der Waals surface area contributed by atoms with E-state index in [1.54, 1.807) is 6.07 Å². The normalized spacial score (nSPS) is 11.1. The number of aliphatic hydroxyl groups is 1. The van der Waals surface area contributed by atoms with Crippen LogP contribution in [-0.4, -0.2) is 10.9 Å². The summed E-state index contributed by atoms with van der Waals surface area (Å²) >= 11 is 4.07. The molecule has 0 spiro atoms. The van der Waals surface area contributed by atoms with E-state index in [0.717, 1.165) is 17.7 Å². The molecule has 0 amide bonds. The number of aliphatic hydroxyl groups excluding tert-OH is 1. The standard InChI is InChI=1S/C11H13FOS/c12-11-5-4-9(3-1-2-6-14)10(7-11)8-13/h1,3-5,7,13-14H,2,6,8H2. The number of benzene rings is 1. The van der Waals surface area contributed by atoms with Crippen molar-refractivity contribution in [2.75, 3.05) is 5.75 Å². The number of hydrogen-bond donors (Lipinski definition) is 2. The van der Waals surface area contributed by atoms with Crippen molar-refractivity contribution in [3.05, 3.63) is 41.2 Å². The molecule has 0 saturated heterocycles. The van der Waals surface area contributed by atoms with Crippen LogP contribution in [0.25, 0.3) is 6.08 Å². The molecular formula is C11H13FOS. The molecule has 1 N–H and O–H groups in total. The summed E-state index contributed by atoms with van der Waals surface area (Å²) in [4.78, 5) is 0. The molecule has 0 aliphatic carbocycles. The summed E-state index contributed by atoms with van der Waals surface area (Å²) < 4.78 is 12.8. The second kappa shape index (κ2) is 5.83. The van der Waals surface area contributed by atoms with Crippen LogP contribution in [0.3, 0.4) is 0 Å². The molecule has 0 radical (unpaired) electrons. The number of allylic oxidation sites excluding steroid dienone is 1. The Balaban J connectivity index is 2.85. The minimum absolute atomic E-state index is 0.141. The summed E-state index contributed by atoms with van der Waals surface area (Å²) in [5.41, 5.74) is 1.47. The maximum atomic E-state index is 12.8. The van der Waals surface area contributed by atoms with E-state index < -0.39 is 0 Å². The highest BCUT2D eigenvalue weighted by Gasteiger charge is 1.99. The van der Waals surface area contributed by atoms with Gasteiger partial charge in [-0.3, -0.25) is 0 Å². The summed E-state index contributed by atoms with van der Waals surface area (Å²) in [5, 5.41) is 8.98. The van der Waals surface area contributed by atoms with Crippen molar-refractivity contribution < 1.29 is 9.50 Å². The van der Waals surface area contributed by atoms with Crippen LogP contribution in [0.2, 0.25) is 0 Å². The fourth-order valence-corrected chi connectivity index (χ4v) is 1.31. The lowest BCUT2D eigenvalue weighted by atomic mass is 10.1. The molecule has 0 saturated carbocycles. The van der Waals surface area contributed by atoms with Crippen LogP contribution in [0.15, 0.2) is 24.3 Å². The summed E-state index contributed by atoms with van der Waals surface area (Å²) in [6, 6.07) is 4.40. The predicted octanol–water partition coefficient (Wildman–Crippen LogP) is 2.65. The molecule has 0 aromatic heterocycles. The second-order valence-corrected chi connectivity index (χ2v) is 3.36. The Bertz CT molecular complexity index is 323. The van der Waals surface area contributed by atoms with Gasteiger partial charge in [-0.05, 0) is 35.4 Å². The molecule has 1 aromatic rings. The van der Waals surface area contributed by atoms with E-state index in [-0.39, 0.29) is 12.4 Å². The highest BCUT2D eigenvalue weighted by atomic mass is 32.1. The fraction of sp³-hybridized carbons (Fsp3) is 0.273. The third kappa shape index (κ3) is 3.16. The van der Waals surface area contributed by atoms with Gasteiger partial charge in [0.2, 0.25) is 0 Å². The summed E-state index contributed by atoms with van der Waals surface area (Å²) in [5.74, 6) is 0.465. The van der Waals surface area contributed by atoms with Gasteiger partial charge in [-0.2, -0.15) is 12.6 Å². The molecule has 76 valence electrons. The number of thiol groups is 1. The Morgan fingerprint density at radius 2 is 2.21 bits per heavy atom. The van der Waals surface area contributed by atoms with Gasteiger partial charge in [0.05, 0.1) is 6.61 Å². The fourth-order valence-electron chi connectivity index (χ4n) is 1.16. The molecule has 0 aliphatic heterocycles. The van der Waals surface area contributed by atoms with Crippen LogP contribution in [0.1, 0.15) is 17.5 Å². The molecule has 1 rings (SSSR count). The van der Waals surface area contributed by atoms with Crippen LogP contribution < -0.4 is 0 Å². The van der Waals surface area contributed by atoms with E-state index in [9.17, 15) is 4.39 Å². The van der Waals surface area contributed by atoms with Gasteiger partial charge in [-0.1, -0.05) is 18.2 Å². The first-order valence-electron chi connectivity index (χ1n) is 4.44. The molecule has 0 heterocycles.